The molecule has 0 radical (unpaired) electrons. The molecule has 5 heteroatoms. The topological polar surface area (TPSA) is 21.3 Å². The highest BCUT2D eigenvalue weighted by atomic mass is 79.9. The van der Waals surface area contributed by atoms with E-state index in [0.29, 0.717) is 18.5 Å². The molecule has 0 spiro atoms. The third-order valence-electron chi connectivity index (χ3n) is 3.61. The fourth-order valence-corrected chi connectivity index (χ4v) is 2.74. The Labute approximate surface area is 128 Å². The average molecular weight is 350 g/mol. The molecular formula is C15H22BrF2NO. The van der Waals surface area contributed by atoms with E-state index in [1.807, 2.05) is 6.07 Å². The smallest absolute Gasteiger partial charge is 0.387 e. The molecule has 0 saturated carbocycles. The van der Waals surface area contributed by atoms with Gasteiger partial charge in [-0.2, -0.15) is 8.78 Å². The van der Waals surface area contributed by atoms with E-state index in [4.69, 9.17) is 0 Å². The van der Waals surface area contributed by atoms with Crippen LogP contribution in [0.3, 0.4) is 0 Å². The Kier molecular flexibility index (Phi) is 7.45. The van der Waals surface area contributed by atoms with Crippen LogP contribution in [0.1, 0.15) is 39.2 Å². The Hall–Kier alpha value is -0.680. The summed E-state index contributed by atoms with van der Waals surface area (Å²) in [6.45, 7) is 4.17. The van der Waals surface area contributed by atoms with Crippen LogP contribution in [0.2, 0.25) is 0 Å². The third-order valence-corrected chi connectivity index (χ3v) is 4.10. The van der Waals surface area contributed by atoms with Gasteiger partial charge >= 0.3 is 6.61 Å². The zero-order valence-electron chi connectivity index (χ0n) is 12.1. The van der Waals surface area contributed by atoms with Crippen molar-refractivity contribution in [2.24, 2.45) is 5.92 Å². The summed E-state index contributed by atoms with van der Waals surface area (Å²) in [5.41, 5.74) is 0.734. The second-order valence-electron chi connectivity index (χ2n) is 4.88. The van der Waals surface area contributed by atoms with E-state index in [0.717, 1.165) is 22.9 Å². The number of rotatable bonds is 8. The third kappa shape index (κ3) is 5.37. The minimum Gasteiger partial charge on any atom is -0.434 e. The number of hydrogen-bond acceptors (Lipinski definition) is 2. The quantitative estimate of drug-likeness (QED) is 0.715. The Morgan fingerprint density at radius 3 is 2.45 bits per heavy atom. The van der Waals surface area contributed by atoms with Crippen LogP contribution in [-0.2, 0) is 6.54 Å². The van der Waals surface area contributed by atoms with Crippen molar-refractivity contribution in [1.82, 2.24) is 5.32 Å². The van der Waals surface area contributed by atoms with Gasteiger partial charge in [-0.15, -0.1) is 0 Å². The first-order valence-corrected chi connectivity index (χ1v) is 7.73. The number of hydrogen-bond donors (Lipinski definition) is 1. The van der Waals surface area contributed by atoms with Crippen molar-refractivity contribution < 1.29 is 13.5 Å². The fraction of sp³-hybridized carbons (Fsp3) is 0.600. The van der Waals surface area contributed by atoms with Gasteiger partial charge in [0.25, 0.3) is 0 Å². The van der Waals surface area contributed by atoms with E-state index in [-0.39, 0.29) is 5.75 Å². The predicted octanol–water partition coefficient (Wildman–Crippen LogP) is 4.96. The van der Waals surface area contributed by atoms with E-state index in [2.05, 4.69) is 46.8 Å². The molecule has 0 fully saturated rings. The van der Waals surface area contributed by atoms with Crippen LogP contribution in [0.15, 0.2) is 22.7 Å². The molecule has 1 rings (SSSR count). The molecule has 0 aliphatic rings. The Morgan fingerprint density at radius 2 is 1.90 bits per heavy atom. The molecule has 20 heavy (non-hydrogen) atoms. The van der Waals surface area contributed by atoms with Gasteiger partial charge in [0, 0.05) is 22.6 Å². The minimum absolute atomic E-state index is 0.229. The maximum atomic E-state index is 12.4. The summed E-state index contributed by atoms with van der Waals surface area (Å²) < 4.78 is 30.2. The van der Waals surface area contributed by atoms with Crippen molar-refractivity contribution in [2.45, 2.75) is 52.8 Å². The molecule has 0 aromatic heterocycles. The maximum absolute atomic E-state index is 12.4. The first-order valence-electron chi connectivity index (χ1n) is 6.94. The van der Waals surface area contributed by atoms with Crippen LogP contribution in [0, 0.1) is 5.92 Å². The summed E-state index contributed by atoms with van der Waals surface area (Å²) in [6.07, 6.45) is 2.20. The van der Waals surface area contributed by atoms with Gasteiger partial charge in [0.1, 0.15) is 5.75 Å². The van der Waals surface area contributed by atoms with E-state index < -0.39 is 6.61 Å². The van der Waals surface area contributed by atoms with Gasteiger partial charge in [-0.1, -0.05) is 42.6 Å². The Balaban J connectivity index is 2.73. The van der Waals surface area contributed by atoms with Gasteiger partial charge in [-0.3, -0.25) is 0 Å². The summed E-state index contributed by atoms with van der Waals surface area (Å²) in [6, 6.07) is 5.41. The summed E-state index contributed by atoms with van der Waals surface area (Å²) in [7, 11) is 0. The molecule has 2 nitrogen and oxygen atoms in total. The van der Waals surface area contributed by atoms with Gasteiger partial charge in [0.05, 0.1) is 0 Å². The van der Waals surface area contributed by atoms with Crippen molar-refractivity contribution >= 4 is 15.9 Å². The first-order chi connectivity index (χ1) is 9.47. The molecule has 0 bridgehead atoms. The number of nitrogens with one attached hydrogen (secondary N) is 1. The van der Waals surface area contributed by atoms with Gasteiger partial charge < -0.3 is 10.1 Å². The zero-order chi connectivity index (χ0) is 15.1. The monoisotopic (exact) mass is 349 g/mol. The summed E-state index contributed by atoms with van der Waals surface area (Å²) in [4.78, 5) is 0. The van der Waals surface area contributed by atoms with Crippen LogP contribution in [0.4, 0.5) is 8.78 Å². The van der Waals surface area contributed by atoms with Crippen molar-refractivity contribution in [1.29, 1.82) is 0 Å². The minimum atomic E-state index is -2.80. The Morgan fingerprint density at radius 1 is 1.25 bits per heavy atom. The molecule has 0 amide bonds. The normalized spacial score (nSPS) is 13.0. The van der Waals surface area contributed by atoms with Crippen molar-refractivity contribution in [3.05, 3.63) is 28.2 Å². The largest absolute Gasteiger partial charge is 0.434 e. The molecule has 0 aliphatic carbocycles. The number of benzene rings is 1. The van der Waals surface area contributed by atoms with Crippen molar-refractivity contribution in [3.63, 3.8) is 0 Å². The summed E-state index contributed by atoms with van der Waals surface area (Å²) >= 11 is 3.36. The second kappa shape index (κ2) is 8.57. The maximum Gasteiger partial charge on any atom is 0.387 e. The van der Waals surface area contributed by atoms with Gasteiger partial charge in [0.2, 0.25) is 0 Å². The number of halogens is 3. The standard InChI is InChI=1S/C15H22BrF2NO/c1-4-11(5-2)10(3)19-9-12-8-13(16)6-7-14(12)20-15(17)18/h6-8,10-11,15,19H,4-5,9H2,1-3H3. The molecule has 1 N–H and O–H groups in total. The fourth-order valence-electron chi connectivity index (χ4n) is 2.33. The molecule has 0 aliphatic heterocycles. The Bertz CT molecular complexity index is 411. The van der Waals surface area contributed by atoms with Crippen LogP contribution in [0.25, 0.3) is 0 Å². The van der Waals surface area contributed by atoms with Gasteiger partial charge in [0.15, 0.2) is 0 Å². The van der Waals surface area contributed by atoms with Crippen LogP contribution in [0.5, 0.6) is 5.75 Å². The first kappa shape index (κ1) is 17.4. The molecule has 1 aromatic rings. The van der Waals surface area contributed by atoms with E-state index in [1.165, 1.54) is 0 Å². The highest BCUT2D eigenvalue weighted by Gasteiger charge is 2.15. The molecule has 0 saturated heterocycles. The molecule has 0 heterocycles. The number of ether oxygens (including phenoxy) is 1. The average Bonchev–Trinajstić information content (AvgIpc) is 2.40. The highest BCUT2D eigenvalue weighted by molar-refractivity contribution is 9.10. The molecule has 114 valence electrons. The lowest BCUT2D eigenvalue weighted by Crippen LogP contribution is -2.32. The molecule has 1 atom stereocenters. The summed E-state index contributed by atoms with van der Waals surface area (Å²) in [5, 5.41) is 3.40. The lowest BCUT2D eigenvalue weighted by Gasteiger charge is -2.23. The van der Waals surface area contributed by atoms with E-state index in [1.54, 1.807) is 12.1 Å². The van der Waals surface area contributed by atoms with E-state index >= 15 is 0 Å². The van der Waals surface area contributed by atoms with Crippen LogP contribution < -0.4 is 10.1 Å². The van der Waals surface area contributed by atoms with Crippen LogP contribution >= 0.6 is 15.9 Å². The van der Waals surface area contributed by atoms with Gasteiger partial charge in [-0.05, 0) is 31.0 Å². The molecular weight excluding hydrogens is 328 g/mol. The molecule has 1 unspecified atom stereocenters. The van der Waals surface area contributed by atoms with Crippen molar-refractivity contribution in [3.8, 4) is 5.75 Å². The van der Waals surface area contributed by atoms with E-state index in [9.17, 15) is 8.78 Å². The lowest BCUT2D eigenvalue weighted by atomic mass is 9.95. The number of alkyl halides is 2. The summed E-state index contributed by atoms with van der Waals surface area (Å²) in [5.74, 6) is 0.814. The zero-order valence-corrected chi connectivity index (χ0v) is 13.7. The SMILES string of the molecule is CCC(CC)C(C)NCc1cc(Br)ccc1OC(F)F. The van der Waals surface area contributed by atoms with Crippen LogP contribution in [-0.4, -0.2) is 12.7 Å². The lowest BCUT2D eigenvalue weighted by molar-refractivity contribution is -0.0505. The molecule has 1 aromatic carbocycles. The highest BCUT2D eigenvalue weighted by Crippen LogP contribution is 2.25. The predicted molar refractivity (Wildman–Crippen MR) is 81.1 cm³/mol. The van der Waals surface area contributed by atoms with Gasteiger partial charge in [-0.25, -0.2) is 0 Å². The second-order valence-corrected chi connectivity index (χ2v) is 5.79. The van der Waals surface area contributed by atoms with Crippen molar-refractivity contribution in [2.75, 3.05) is 0 Å².